The molecule has 0 fully saturated rings. The van der Waals surface area contributed by atoms with Crippen LogP contribution in [0.4, 0.5) is 11.4 Å². The zero-order valence-corrected chi connectivity index (χ0v) is 19.6. The van der Waals surface area contributed by atoms with Gasteiger partial charge in [-0.25, -0.2) is 4.98 Å². The molecular formula is C24H24ClN3O3S. The normalized spacial score (nSPS) is 10.5. The number of halogens is 1. The molecule has 0 unspecified atom stereocenters. The van der Waals surface area contributed by atoms with E-state index in [9.17, 15) is 9.59 Å². The van der Waals surface area contributed by atoms with Crippen LogP contribution in [-0.2, 0) is 4.79 Å². The number of nitrogens with zero attached hydrogens (tertiary/aromatic N) is 1. The number of aryl methyl sites for hydroxylation is 2. The van der Waals surface area contributed by atoms with Gasteiger partial charge in [0, 0.05) is 5.69 Å². The van der Waals surface area contributed by atoms with E-state index in [1.165, 1.54) is 11.8 Å². The zero-order chi connectivity index (χ0) is 23.1. The van der Waals surface area contributed by atoms with E-state index >= 15 is 0 Å². The smallest absolute Gasteiger partial charge is 0.258 e. The van der Waals surface area contributed by atoms with Crippen molar-refractivity contribution in [2.45, 2.75) is 25.8 Å². The van der Waals surface area contributed by atoms with Crippen LogP contribution in [0.3, 0.4) is 0 Å². The Labute approximate surface area is 196 Å². The van der Waals surface area contributed by atoms with E-state index in [1.807, 2.05) is 39.0 Å². The summed E-state index contributed by atoms with van der Waals surface area (Å²) in [6.07, 6.45) is 0. The van der Waals surface area contributed by atoms with Crippen LogP contribution >= 0.6 is 23.4 Å². The Balaban J connectivity index is 1.78. The van der Waals surface area contributed by atoms with E-state index in [1.54, 1.807) is 36.4 Å². The van der Waals surface area contributed by atoms with Gasteiger partial charge < -0.3 is 15.4 Å². The summed E-state index contributed by atoms with van der Waals surface area (Å²) in [6, 6.07) is 16.1. The number of hydrogen-bond donors (Lipinski definition) is 2. The molecule has 3 aromatic rings. The Bertz CT molecular complexity index is 1140. The van der Waals surface area contributed by atoms with Crippen molar-refractivity contribution < 1.29 is 14.3 Å². The third-order valence-electron chi connectivity index (χ3n) is 4.46. The van der Waals surface area contributed by atoms with Gasteiger partial charge in [0.05, 0.1) is 34.3 Å². The standard InChI is InChI=1S/C24H24ClN3O3S/c1-4-31-20-12-8-7-11-19(20)28-23(30)22-15(2)13-16(3)26-24(22)32-14-21(29)27-18-10-6-5-9-17(18)25/h5-13H,4,14H2,1-3H3,(H,27,29)(H,28,30). The predicted octanol–water partition coefficient (Wildman–Crippen LogP) is 5.73. The first-order valence-corrected chi connectivity index (χ1v) is 11.4. The summed E-state index contributed by atoms with van der Waals surface area (Å²) in [5.74, 6) is 0.124. The largest absolute Gasteiger partial charge is 0.492 e. The fourth-order valence-corrected chi connectivity index (χ4v) is 4.23. The molecule has 0 aliphatic heterocycles. The molecule has 32 heavy (non-hydrogen) atoms. The average Bonchev–Trinajstić information content (AvgIpc) is 2.75. The number of pyridine rings is 1. The summed E-state index contributed by atoms with van der Waals surface area (Å²) in [5.41, 5.74) is 3.09. The van der Waals surface area contributed by atoms with Crippen LogP contribution in [0.2, 0.25) is 5.02 Å². The zero-order valence-electron chi connectivity index (χ0n) is 18.1. The van der Waals surface area contributed by atoms with Gasteiger partial charge in [-0.3, -0.25) is 9.59 Å². The molecular weight excluding hydrogens is 446 g/mol. The molecule has 0 saturated carbocycles. The van der Waals surface area contributed by atoms with E-state index in [4.69, 9.17) is 16.3 Å². The van der Waals surface area contributed by atoms with Gasteiger partial charge >= 0.3 is 0 Å². The van der Waals surface area contributed by atoms with Crippen LogP contribution in [0, 0.1) is 13.8 Å². The molecule has 2 aromatic carbocycles. The number of nitrogens with one attached hydrogen (secondary N) is 2. The number of amides is 2. The number of aromatic nitrogens is 1. The molecule has 8 heteroatoms. The molecule has 2 N–H and O–H groups in total. The van der Waals surface area contributed by atoms with E-state index in [0.717, 1.165) is 11.3 Å². The quantitative estimate of drug-likeness (QED) is 0.411. The molecule has 3 rings (SSSR count). The van der Waals surface area contributed by atoms with Gasteiger partial charge in [-0.2, -0.15) is 0 Å². The molecule has 166 valence electrons. The van der Waals surface area contributed by atoms with Gasteiger partial charge in [-0.1, -0.05) is 47.6 Å². The lowest BCUT2D eigenvalue weighted by molar-refractivity contribution is -0.113. The molecule has 1 aromatic heterocycles. The maximum absolute atomic E-state index is 13.2. The molecule has 0 atom stereocenters. The number of thioether (sulfide) groups is 1. The van der Waals surface area contributed by atoms with Gasteiger partial charge in [-0.15, -0.1) is 0 Å². The minimum atomic E-state index is -0.309. The number of anilines is 2. The Morgan fingerprint density at radius 3 is 2.44 bits per heavy atom. The van der Waals surface area contributed by atoms with Crippen molar-refractivity contribution in [3.63, 3.8) is 0 Å². The highest BCUT2D eigenvalue weighted by Gasteiger charge is 2.20. The summed E-state index contributed by atoms with van der Waals surface area (Å²) >= 11 is 7.31. The fraction of sp³-hybridized carbons (Fsp3) is 0.208. The predicted molar refractivity (Wildman–Crippen MR) is 130 cm³/mol. The molecule has 1 heterocycles. The molecule has 0 spiro atoms. The van der Waals surface area contributed by atoms with Crippen molar-refractivity contribution in [1.82, 2.24) is 4.98 Å². The number of carbonyl (C=O) groups excluding carboxylic acids is 2. The number of benzene rings is 2. The Kier molecular flexibility index (Phi) is 8.14. The molecule has 0 aliphatic carbocycles. The van der Waals surface area contributed by atoms with Crippen LogP contribution in [0.25, 0.3) is 0 Å². The van der Waals surface area contributed by atoms with Crippen LogP contribution in [0.15, 0.2) is 59.6 Å². The molecule has 0 radical (unpaired) electrons. The van der Waals surface area contributed by atoms with Crippen LogP contribution in [-0.4, -0.2) is 29.2 Å². The van der Waals surface area contributed by atoms with Crippen LogP contribution in [0.5, 0.6) is 5.75 Å². The molecule has 2 amide bonds. The van der Waals surface area contributed by atoms with Gasteiger partial charge in [-0.05, 0) is 56.7 Å². The van der Waals surface area contributed by atoms with Crippen LogP contribution in [0.1, 0.15) is 28.5 Å². The van der Waals surface area contributed by atoms with Crippen molar-refractivity contribution in [2.75, 3.05) is 23.0 Å². The number of ether oxygens (including phenoxy) is 1. The lowest BCUT2D eigenvalue weighted by Gasteiger charge is -2.15. The van der Waals surface area contributed by atoms with E-state index in [-0.39, 0.29) is 17.6 Å². The second-order valence-electron chi connectivity index (χ2n) is 6.96. The van der Waals surface area contributed by atoms with Gasteiger partial charge in [0.15, 0.2) is 0 Å². The first kappa shape index (κ1) is 23.6. The summed E-state index contributed by atoms with van der Waals surface area (Å²) in [4.78, 5) is 30.1. The van der Waals surface area contributed by atoms with Crippen molar-refractivity contribution in [2.24, 2.45) is 0 Å². The third kappa shape index (κ3) is 6.02. The monoisotopic (exact) mass is 469 g/mol. The van der Waals surface area contributed by atoms with E-state index in [0.29, 0.717) is 39.3 Å². The molecule has 6 nitrogen and oxygen atoms in total. The Morgan fingerprint density at radius 1 is 1.03 bits per heavy atom. The van der Waals surface area contributed by atoms with Crippen LogP contribution < -0.4 is 15.4 Å². The Morgan fingerprint density at radius 2 is 1.72 bits per heavy atom. The Hall–Kier alpha value is -3.03. The molecule has 0 aliphatic rings. The second-order valence-corrected chi connectivity index (χ2v) is 8.33. The number of rotatable bonds is 8. The maximum atomic E-state index is 13.2. The first-order valence-electron chi connectivity index (χ1n) is 10.1. The summed E-state index contributed by atoms with van der Waals surface area (Å²) < 4.78 is 5.60. The van der Waals surface area contributed by atoms with Gasteiger partial charge in [0.25, 0.3) is 5.91 Å². The lowest BCUT2D eigenvalue weighted by Crippen LogP contribution is -2.18. The second kappa shape index (κ2) is 11.0. The average molecular weight is 470 g/mol. The maximum Gasteiger partial charge on any atom is 0.258 e. The summed E-state index contributed by atoms with van der Waals surface area (Å²) in [7, 11) is 0. The fourth-order valence-electron chi connectivity index (χ4n) is 3.10. The number of hydrogen-bond acceptors (Lipinski definition) is 5. The number of carbonyl (C=O) groups is 2. The highest BCUT2D eigenvalue weighted by Crippen LogP contribution is 2.29. The van der Waals surface area contributed by atoms with Gasteiger partial charge in [0.2, 0.25) is 5.91 Å². The van der Waals surface area contributed by atoms with Crippen molar-refractivity contribution in [1.29, 1.82) is 0 Å². The topological polar surface area (TPSA) is 80.3 Å². The van der Waals surface area contributed by atoms with E-state index in [2.05, 4.69) is 15.6 Å². The summed E-state index contributed by atoms with van der Waals surface area (Å²) in [5, 5.41) is 6.65. The number of para-hydroxylation sites is 3. The SMILES string of the molecule is CCOc1ccccc1NC(=O)c1c(C)cc(C)nc1SCC(=O)Nc1ccccc1Cl. The molecule has 0 bridgehead atoms. The third-order valence-corrected chi connectivity index (χ3v) is 5.77. The van der Waals surface area contributed by atoms with Gasteiger partial charge in [0.1, 0.15) is 10.8 Å². The van der Waals surface area contributed by atoms with E-state index < -0.39 is 0 Å². The minimum absolute atomic E-state index is 0.0803. The van der Waals surface area contributed by atoms with Crippen molar-refractivity contribution >= 4 is 46.6 Å². The first-order chi connectivity index (χ1) is 15.4. The minimum Gasteiger partial charge on any atom is -0.492 e. The van der Waals surface area contributed by atoms with Crippen molar-refractivity contribution in [3.8, 4) is 5.75 Å². The van der Waals surface area contributed by atoms with Crippen molar-refractivity contribution in [3.05, 3.63) is 76.4 Å². The lowest BCUT2D eigenvalue weighted by atomic mass is 10.1. The molecule has 0 saturated heterocycles. The summed E-state index contributed by atoms with van der Waals surface area (Å²) in [6.45, 7) is 6.08. The highest BCUT2D eigenvalue weighted by molar-refractivity contribution is 8.00. The highest BCUT2D eigenvalue weighted by atomic mass is 35.5.